The summed E-state index contributed by atoms with van der Waals surface area (Å²) in [5.74, 6) is 0.555. The Hall–Kier alpha value is -0.770. The van der Waals surface area contributed by atoms with Gasteiger partial charge in [-0.1, -0.05) is 0 Å². The van der Waals surface area contributed by atoms with E-state index in [2.05, 4.69) is 23.8 Å². The van der Waals surface area contributed by atoms with E-state index in [1.54, 1.807) is 7.11 Å². The number of nitrogens with zero attached hydrogens (tertiary/aromatic N) is 3. The van der Waals surface area contributed by atoms with Gasteiger partial charge >= 0.3 is 0 Å². The van der Waals surface area contributed by atoms with E-state index in [1.807, 2.05) is 10.9 Å². The highest BCUT2D eigenvalue weighted by atomic mass is 35.5. The molecule has 2 atom stereocenters. The van der Waals surface area contributed by atoms with Gasteiger partial charge in [0, 0.05) is 39.3 Å². The summed E-state index contributed by atoms with van der Waals surface area (Å²) in [4.78, 5) is 2.62. The van der Waals surface area contributed by atoms with E-state index < -0.39 is 0 Å². The number of rotatable bonds is 7. The van der Waals surface area contributed by atoms with Crippen LogP contribution in [0.15, 0.2) is 6.20 Å². The Balaban J connectivity index is 0.00000261. The lowest BCUT2D eigenvalue weighted by atomic mass is 9.89. The molecular formula is C19H38Cl2N4O4. The summed E-state index contributed by atoms with van der Waals surface area (Å²) in [7, 11) is 1.69. The van der Waals surface area contributed by atoms with Gasteiger partial charge in [0.05, 0.1) is 31.1 Å². The molecule has 10 heteroatoms. The molecule has 0 unspecified atom stereocenters. The fourth-order valence-corrected chi connectivity index (χ4v) is 4.26. The van der Waals surface area contributed by atoms with Gasteiger partial charge in [0.2, 0.25) is 0 Å². The minimum Gasteiger partial charge on any atom is -0.475 e. The Morgan fingerprint density at radius 2 is 1.66 bits per heavy atom. The maximum absolute atomic E-state index is 6.08. The fraction of sp³-hybridized carbons (Fsp3) is 0.842. The lowest BCUT2D eigenvalue weighted by molar-refractivity contribution is -0.0852. The third-order valence-corrected chi connectivity index (χ3v) is 5.46. The second-order valence-electron chi connectivity index (χ2n) is 7.74. The Kier molecular flexibility index (Phi) is 13.2. The summed E-state index contributed by atoms with van der Waals surface area (Å²) in [6, 6.07) is 1.08. The summed E-state index contributed by atoms with van der Waals surface area (Å²) < 4.78 is 18.6. The maximum Gasteiger partial charge on any atom is 0.256 e. The standard InChI is InChI=1S/C19H34N4O3.2ClH.H2O/c1-14-11-22(12-15(2)26-14)16-5-7-17(8-6-16)23-13-18(20)19(21-23)25-10-4-9-24-3;;;/h13-17H,4-12,20H2,1-3H3;2*1H;1H2/t14-,15+,16-,17-;;;. The third kappa shape index (κ3) is 7.77. The lowest BCUT2D eigenvalue weighted by Gasteiger charge is -2.42. The quantitative estimate of drug-likeness (QED) is 0.631. The van der Waals surface area contributed by atoms with Gasteiger partial charge in [-0.25, -0.2) is 0 Å². The Bertz CT molecular complexity index is 560. The largest absolute Gasteiger partial charge is 0.475 e. The highest BCUT2D eigenvalue weighted by Gasteiger charge is 2.31. The number of hydrogen-bond donors (Lipinski definition) is 1. The Morgan fingerprint density at radius 1 is 1.07 bits per heavy atom. The van der Waals surface area contributed by atoms with Crippen LogP contribution in [0.1, 0.15) is 52.0 Å². The monoisotopic (exact) mass is 456 g/mol. The molecule has 29 heavy (non-hydrogen) atoms. The Labute approximate surface area is 186 Å². The minimum atomic E-state index is 0. The van der Waals surface area contributed by atoms with Gasteiger partial charge in [0.15, 0.2) is 0 Å². The number of nitrogens with two attached hydrogens (primary N) is 1. The molecule has 172 valence electrons. The van der Waals surface area contributed by atoms with Gasteiger partial charge in [-0.15, -0.1) is 29.9 Å². The normalized spacial score (nSPS) is 27.3. The van der Waals surface area contributed by atoms with Crippen molar-refractivity contribution in [3.63, 3.8) is 0 Å². The molecule has 1 aliphatic carbocycles. The van der Waals surface area contributed by atoms with Crippen molar-refractivity contribution >= 4 is 30.5 Å². The van der Waals surface area contributed by atoms with E-state index in [0.717, 1.165) is 32.4 Å². The molecule has 2 aliphatic rings. The predicted molar refractivity (Wildman–Crippen MR) is 120 cm³/mol. The van der Waals surface area contributed by atoms with E-state index in [4.69, 9.17) is 19.9 Å². The molecule has 0 amide bonds. The zero-order valence-electron chi connectivity index (χ0n) is 17.7. The number of methoxy groups -OCH3 is 1. The zero-order valence-corrected chi connectivity index (χ0v) is 19.3. The van der Waals surface area contributed by atoms with Crippen LogP contribution in [-0.2, 0) is 9.47 Å². The molecule has 1 saturated heterocycles. The first-order valence-electron chi connectivity index (χ1n) is 9.92. The number of morpholine rings is 1. The fourth-order valence-electron chi connectivity index (χ4n) is 4.26. The molecule has 1 aromatic heterocycles. The van der Waals surface area contributed by atoms with E-state index in [9.17, 15) is 0 Å². The molecule has 2 fully saturated rings. The summed E-state index contributed by atoms with van der Waals surface area (Å²) >= 11 is 0. The number of ether oxygens (including phenoxy) is 3. The van der Waals surface area contributed by atoms with Crippen LogP contribution in [0.4, 0.5) is 5.69 Å². The number of hydrogen-bond acceptors (Lipinski definition) is 6. The van der Waals surface area contributed by atoms with Crippen LogP contribution in [-0.4, -0.2) is 71.8 Å². The maximum atomic E-state index is 6.08. The molecule has 0 spiro atoms. The van der Waals surface area contributed by atoms with Crippen LogP contribution in [0.5, 0.6) is 5.88 Å². The summed E-state index contributed by atoms with van der Waals surface area (Å²) in [5, 5.41) is 4.59. The SMILES string of the molecule is COCCCOc1nn([C@H]2CC[C@H](N3C[C@@H](C)O[C@@H](C)C3)CC2)cc1N.Cl.Cl.O. The summed E-state index contributed by atoms with van der Waals surface area (Å²) in [6.07, 6.45) is 8.10. The first kappa shape index (κ1) is 28.2. The lowest BCUT2D eigenvalue weighted by Crippen LogP contribution is -2.51. The van der Waals surface area contributed by atoms with Crippen molar-refractivity contribution in [2.24, 2.45) is 0 Å². The summed E-state index contributed by atoms with van der Waals surface area (Å²) in [5.41, 5.74) is 6.70. The van der Waals surface area contributed by atoms with E-state index in [-0.39, 0.29) is 30.3 Å². The second kappa shape index (κ2) is 13.5. The van der Waals surface area contributed by atoms with Gasteiger partial charge in [-0.05, 0) is 39.5 Å². The number of aromatic nitrogens is 2. The highest BCUT2D eigenvalue weighted by molar-refractivity contribution is 5.85. The number of nitrogen functional groups attached to an aromatic ring is 1. The van der Waals surface area contributed by atoms with Crippen LogP contribution in [0.3, 0.4) is 0 Å². The zero-order chi connectivity index (χ0) is 18.5. The smallest absolute Gasteiger partial charge is 0.256 e. The molecule has 2 heterocycles. The number of halogens is 2. The molecule has 0 bridgehead atoms. The molecule has 0 aromatic carbocycles. The average Bonchev–Trinajstić information content (AvgIpc) is 2.99. The molecule has 3 rings (SSSR count). The Morgan fingerprint density at radius 3 is 2.24 bits per heavy atom. The van der Waals surface area contributed by atoms with Crippen molar-refractivity contribution in [1.29, 1.82) is 0 Å². The van der Waals surface area contributed by atoms with Crippen molar-refractivity contribution in [2.75, 3.05) is 39.1 Å². The molecule has 0 radical (unpaired) electrons. The van der Waals surface area contributed by atoms with E-state index in [0.29, 0.717) is 49.1 Å². The van der Waals surface area contributed by atoms with E-state index >= 15 is 0 Å². The van der Waals surface area contributed by atoms with Gasteiger partial charge < -0.3 is 25.4 Å². The average molecular weight is 457 g/mol. The molecule has 8 nitrogen and oxygen atoms in total. The topological polar surface area (TPSA) is 106 Å². The predicted octanol–water partition coefficient (Wildman–Crippen LogP) is 2.49. The van der Waals surface area contributed by atoms with Crippen LogP contribution in [0.25, 0.3) is 0 Å². The van der Waals surface area contributed by atoms with Crippen LogP contribution in [0.2, 0.25) is 0 Å². The van der Waals surface area contributed by atoms with Crippen molar-refractivity contribution in [2.45, 2.75) is 70.2 Å². The van der Waals surface area contributed by atoms with Gasteiger partial charge in [-0.3, -0.25) is 9.58 Å². The van der Waals surface area contributed by atoms with E-state index in [1.165, 1.54) is 12.8 Å². The number of anilines is 1. The molecule has 1 aliphatic heterocycles. The molecule has 1 aromatic rings. The van der Waals surface area contributed by atoms with Crippen LogP contribution < -0.4 is 10.5 Å². The van der Waals surface area contributed by atoms with Crippen LogP contribution >= 0.6 is 24.8 Å². The van der Waals surface area contributed by atoms with Crippen molar-refractivity contribution in [3.8, 4) is 5.88 Å². The highest BCUT2D eigenvalue weighted by Crippen LogP contribution is 2.33. The van der Waals surface area contributed by atoms with Crippen molar-refractivity contribution in [3.05, 3.63) is 6.20 Å². The molecular weight excluding hydrogens is 419 g/mol. The molecule has 1 saturated carbocycles. The van der Waals surface area contributed by atoms with Gasteiger partial charge in [0.1, 0.15) is 5.69 Å². The minimum absolute atomic E-state index is 0. The first-order chi connectivity index (χ1) is 12.6. The first-order valence-corrected chi connectivity index (χ1v) is 9.92. The van der Waals surface area contributed by atoms with Crippen LogP contribution in [0, 0.1) is 0 Å². The molecule has 4 N–H and O–H groups in total. The van der Waals surface area contributed by atoms with Gasteiger partial charge in [-0.2, -0.15) is 0 Å². The van der Waals surface area contributed by atoms with Crippen molar-refractivity contribution in [1.82, 2.24) is 14.7 Å². The second-order valence-corrected chi connectivity index (χ2v) is 7.74. The third-order valence-electron chi connectivity index (χ3n) is 5.46. The summed E-state index contributed by atoms with van der Waals surface area (Å²) in [6.45, 7) is 7.71. The van der Waals surface area contributed by atoms with Crippen molar-refractivity contribution < 1.29 is 19.7 Å². The van der Waals surface area contributed by atoms with Gasteiger partial charge in [0.25, 0.3) is 5.88 Å².